The average molecular weight is 492 g/mol. The highest BCUT2D eigenvalue weighted by atomic mass is 19.4. The van der Waals surface area contributed by atoms with Gasteiger partial charge in [-0.2, -0.15) is 13.2 Å². The number of alkyl halides is 4. The molecule has 0 saturated carbocycles. The largest absolute Gasteiger partial charge is 0.416 e. The Hall–Kier alpha value is -3.89. The topological polar surface area (TPSA) is 107 Å². The molecule has 0 fully saturated rings. The predicted molar refractivity (Wildman–Crippen MR) is 120 cm³/mol. The van der Waals surface area contributed by atoms with Crippen LogP contribution in [-0.4, -0.2) is 28.6 Å². The molecule has 186 valence electrons. The minimum Gasteiger partial charge on any atom is -0.356 e. The van der Waals surface area contributed by atoms with Crippen LogP contribution in [-0.2, 0) is 22.2 Å². The average Bonchev–Trinajstić information content (AvgIpc) is 3.24. The molecule has 3 rings (SSSR count). The first kappa shape index (κ1) is 25.7. The molecule has 0 spiro atoms. The second kappa shape index (κ2) is 11.5. The Bertz CT molecular complexity index is 1170. The summed E-state index contributed by atoms with van der Waals surface area (Å²) in [5.41, 5.74) is -0.478. The van der Waals surface area contributed by atoms with E-state index in [2.05, 4.69) is 20.8 Å². The Morgan fingerprint density at radius 3 is 2.26 bits per heavy atom. The van der Waals surface area contributed by atoms with Gasteiger partial charge in [0.25, 0.3) is 11.5 Å². The summed E-state index contributed by atoms with van der Waals surface area (Å²) < 4.78 is 53.0. The number of benzene rings is 2. The molecule has 11 heteroatoms. The molecule has 0 aliphatic carbocycles. The zero-order chi connectivity index (χ0) is 25.4. The Balaban J connectivity index is 1.58. The Kier molecular flexibility index (Phi) is 8.45. The molecule has 3 aromatic rings. The molecule has 0 bridgehead atoms. The van der Waals surface area contributed by atoms with E-state index in [4.69, 9.17) is 0 Å². The summed E-state index contributed by atoms with van der Waals surface area (Å²) in [6.07, 6.45) is -4.59. The fraction of sp³-hybridized carbons (Fsp3) is 0.292. The van der Waals surface area contributed by atoms with Crippen molar-refractivity contribution in [1.82, 2.24) is 20.8 Å². The third-order valence-corrected chi connectivity index (χ3v) is 5.35. The van der Waals surface area contributed by atoms with Crippen molar-refractivity contribution < 1.29 is 27.2 Å². The second-order valence-corrected chi connectivity index (χ2v) is 7.89. The van der Waals surface area contributed by atoms with Gasteiger partial charge in [-0.3, -0.25) is 19.5 Å². The van der Waals surface area contributed by atoms with E-state index < -0.39 is 29.9 Å². The van der Waals surface area contributed by atoms with Gasteiger partial charge in [0.15, 0.2) is 0 Å². The number of halogens is 4. The molecule has 2 aromatic carbocycles. The van der Waals surface area contributed by atoms with Crippen molar-refractivity contribution in [3.63, 3.8) is 0 Å². The molecule has 0 aliphatic rings. The number of aromatic amines is 2. The number of hydrogen-bond donors (Lipinski definition) is 4. The van der Waals surface area contributed by atoms with E-state index in [1.165, 1.54) is 6.20 Å². The van der Waals surface area contributed by atoms with Crippen molar-refractivity contribution in [2.75, 3.05) is 6.54 Å². The van der Waals surface area contributed by atoms with Crippen molar-refractivity contribution in [2.45, 2.75) is 37.7 Å². The lowest BCUT2D eigenvalue weighted by atomic mass is 10.0. The van der Waals surface area contributed by atoms with Crippen LogP contribution < -0.4 is 16.2 Å². The number of amides is 2. The lowest BCUT2D eigenvalue weighted by Crippen LogP contribution is -2.33. The first-order chi connectivity index (χ1) is 16.6. The summed E-state index contributed by atoms with van der Waals surface area (Å²) >= 11 is 0. The van der Waals surface area contributed by atoms with Crippen molar-refractivity contribution >= 4 is 11.8 Å². The summed E-state index contributed by atoms with van der Waals surface area (Å²) in [7, 11) is 0. The third kappa shape index (κ3) is 7.29. The summed E-state index contributed by atoms with van der Waals surface area (Å²) in [5.74, 6) is -1.32. The van der Waals surface area contributed by atoms with Gasteiger partial charge in [0.05, 0.1) is 18.0 Å². The highest BCUT2D eigenvalue weighted by molar-refractivity contribution is 5.82. The van der Waals surface area contributed by atoms with Crippen LogP contribution >= 0.6 is 0 Å². The maximum absolute atomic E-state index is 14.8. The quantitative estimate of drug-likeness (QED) is 0.256. The number of rotatable bonds is 10. The zero-order valence-corrected chi connectivity index (χ0v) is 18.5. The summed E-state index contributed by atoms with van der Waals surface area (Å²) in [6, 6.07) is 11.6. The van der Waals surface area contributed by atoms with E-state index in [1.54, 1.807) is 30.3 Å². The van der Waals surface area contributed by atoms with E-state index in [0.29, 0.717) is 24.0 Å². The monoisotopic (exact) mass is 492 g/mol. The van der Waals surface area contributed by atoms with Crippen LogP contribution in [0.2, 0.25) is 0 Å². The Morgan fingerprint density at radius 1 is 0.971 bits per heavy atom. The Morgan fingerprint density at radius 2 is 1.66 bits per heavy atom. The molecular formula is C24H24F4N4O3. The van der Waals surface area contributed by atoms with Crippen LogP contribution in [0.25, 0.3) is 0 Å². The first-order valence-electron chi connectivity index (χ1n) is 10.8. The predicted octanol–water partition coefficient (Wildman–Crippen LogP) is 3.73. The standard InChI is InChI=1S/C24H24F4N4O3/c25-21(16-8-10-18(11-9-16)24(26,27)28)23(35)31-19(15-5-2-1-3-6-15)7-4-12-29-20(33)13-17-14-30-32-22(17)34/h1-3,5-6,8-11,14,19,21H,4,7,12-13H2,(H,29,33)(H,31,35)(H2,30,32,34). The third-order valence-electron chi connectivity index (χ3n) is 5.35. The van der Waals surface area contributed by atoms with Crippen molar-refractivity contribution in [1.29, 1.82) is 0 Å². The fourth-order valence-corrected chi connectivity index (χ4v) is 3.48. The molecule has 2 atom stereocenters. The van der Waals surface area contributed by atoms with Gasteiger partial charge in [-0.05, 0) is 36.1 Å². The SMILES string of the molecule is O=C(Cc1c[nH][nH]c1=O)NCCCC(NC(=O)C(F)c1ccc(C(F)(F)F)cc1)c1ccccc1. The van der Waals surface area contributed by atoms with Crippen molar-refractivity contribution in [3.8, 4) is 0 Å². The van der Waals surface area contributed by atoms with Crippen LogP contribution in [0.3, 0.4) is 0 Å². The van der Waals surface area contributed by atoms with E-state index in [1.807, 2.05) is 0 Å². The van der Waals surface area contributed by atoms with Crippen molar-refractivity contribution in [3.05, 3.63) is 93.4 Å². The molecule has 35 heavy (non-hydrogen) atoms. The van der Waals surface area contributed by atoms with Gasteiger partial charge < -0.3 is 15.7 Å². The highest BCUT2D eigenvalue weighted by Crippen LogP contribution is 2.31. The maximum Gasteiger partial charge on any atom is 0.416 e. The molecule has 0 aliphatic heterocycles. The molecule has 7 nitrogen and oxygen atoms in total. The van der Waals surface area contributed by atoms with E-state index in [-0.39, 0.29) is 30.0 Å². The van der Waals surface area contributed by atoms with E-state index in [0.717, 1.165) is 24.3 Å². The number of nitrogens with one attached hydrogen (secondary N) is 4. The van der Waals surface area contributed by atoms with Gasteiger partial charge in [0, 0.05) is 18.3 Å². The molecule has 1 heterocycles. The second-order valence-electron chi connectivity index (χ2n) is 7.89. The Labute approximate surface area is 197 Å². The number of carbonyl (C=O) groups is 2. The zero-order valence-electron chi connectivity index (χ0n) is 18.5. The number of carbonyl (C=O) groups excluding carboxylic acids is 2. The smallest absolute Gasteiger partial charge is 0.356 e. The lowest BCUT2D eigenvalue weighted by molar-refractivity contribution is -0.137. The molecular weight excluding hydrogens is 468 g/mol. The number of hydrogen-bond acceptors (Lipinski definition) is 3. The van der Waals surface area contributed by atoms with Crippen LogP contribution in [0.4, 0.5) is 17.6 Å². The van der Waals surface area contributed by atoms with E-state index in [9.17, 15) is 31.9 Å². The van der Waals surface area contributed by atoms with Crippen molar-refractivity contribution in [2.24, 2.45) is 0 Å². The van der Waals surface area contributed by atoms with Crippen LogP contribution in [0.1, 0.15) is 47.3 Å². The summed E-state index contributed by atoms with van der Waals surface area (Å²) in [6.45, 7) is 0.262. The van der Waals surface area contributed by atoms with Gasteiger partial charge in [0.1, 0.15) is 0 Å². The van der Waals surface area contributed by atoms with E-state index >= 15 is 0 Å². The van der Waals surface area contributed by atoms with Gasteiger partial charge in [-0.1, -0.05) is 42.5 Å². The molecule has 2 amide bonds. The van der Waals surface area contributed by atoms with Crippen LogP contribution in [0.15, 0.2) is 65.6 Å². The van der Waals surface area contributed by atoms with Gasteiger partial charge in [-0.25, -0.2) is 4.39 Å². The first-order valence-corrected chi connectivity index (χ1v) is 10.8. The molecule has 0 radical (unpaired) electrons. The fourth-order valence-electron chi connectivity index (χ4n) is 3.48. The molecule has 0 saturated heterocycles. The maximum atomic E-state index is 14.8. The van der Waals surface area contributed by atoms with Gasteiger partial charge >= 0.3 is 6.18 Å². The molecule has 2 unspecified atom stereocenters. The van der Waals surface area contributed by atoms with Crippen LogP contribution in [0, 0.1) is 0 Å². The van der Waals surface area contributed by atoms with Gasteiger partial charge in [-0.15, -0.1) is 0 Å². The molecule has 1 aromatic heterocycles. The number of aromatic nitrogens is 2. The minimum atomic E-state index is -4.56. The highest BCUT2D eigenvalue weighted by Gasteiger charge is 2.31. The summed E-state index contributed by atoms with van der Waals surface area (Å²) in [5, 5.41) is 10.2. The lowest BCUT2D eigenvalue weighted by Gasteiger charge is -2.21. The number of H-pyrrole nitrogens is 2. The minimum absolute atomic E-state index is 0.0889. The molecule has 4 N–H and O–H groups in total. The van der Waals surface area contributed by atoms with Gasteiger partial charge in [0.2, 0.25) is 12.1 Å². The normalized spacial score (nSPS) is 13.1. The summed E-state index contributed by atoms with van der Waals surface area (Å²) in [4.78, 5) is 36.0. The van der Waals surface area contributed by atoms with Crippen LogP contribution in [0.5, 0.6) is 0 Å².